The summed E-state index contributed by atoms with van der Waals surface area (Å²) in [5.74, 6) is 0.639. The van der Waals surface area contributed by atoms with E-state index in [2.05, 4.69) is 41.3 Å². The van der Waals surface area contributed by atoms with E-state index in [1.54, 1.807) is 0 Å². The summed E-state index contributed by atoms with van der Waals surface area (Å²) in [6.45, 7) is 2.67. The third-order valence-electron chi connectivity index (χ3n) is 2.97. The lowest BCUT2D eigenvalue weighted by molar-refractivity contribution is 0.273. The van der Waals surface area contributed by atoms with Gasteiger partial charge in [-0.15, -0.1) is 11.6 Å². The molecule has 0 unspecified atom stereocenters. The molecule has 0 atom stereocenters. The van der Waals surface area contributed by atoms with Gasteiger partial charge >= 0.3 is 0 Å². The first-order valence-corrected chi connectivity index (χ1v) is 7.26. The lowest BCUT2D eigenvalue weighted by atomic mass is 10.1. The van der Waals surface area contributed by atoms with E-state index in [9.17, 15) is 0 Å². The Hall–Kier alpha value is -1.02. The van der Waals surface area contributed by atoms with Gasteiger partial charge in [0.15, 0.2) is 0 Å². The topological polar surface area (TPSA) is 3.24 Å². The lowest BCUT2D eigenvalue weighted by Gasteiger charge is -2.21. The van der Waals surface area contributed by atoms with Crippen molar-refractivity contribution in [3.05, 3.63) is 70.7 Å². The summed E-state index contributed by atoms with van der Waals surface area (Å²) in [6, 6.07) is 18.4. The minimum atomic E-state index is 0.639. The molecule has 0 aromatic heterocycles. The lowest BCUT2D eigenvalue weighted by Crippen LogP contribution is -2.24. The summed E-state index contributed by atoms with van der Waals surface area (Å²) in [7, 11) is 0. The van der Waals surface area contributed by atoms with Gasteiger partial charge in [-0.05, 0) is 23.3 Å². The van der Waals surface area contributed by atoms with Gasteiger partial charge in [0.1, 0.15) is 0 Å². The SMILES string of the molecule is ClCCN(Cc1ccccc1)Cc1ccc(Cl)cc1. The van der Waals surface area contributed by atoms with Crippen LogP contribution in [0.15, 0.2) is 54.6 Å². The second-order valence-corrected chi connectivity index (χ2v) is 5.33. The zero-order valence-electron chi connectivity index (χ0n) is 10.7. The minimum Gasteiger partial charge on any atom is -0.294 e. The predicted molar refractivity (Wildman–Crippen MR) is 82.7 cm³/mol. The molecule has 0 heterocycles. The molecule has 0 bridgehead atoms. The van der Waals surface area contributed by atoms with Crippen LogP contribution >= 0.6 is 23.2 Å². The molecule has 2 aromatic rings. The Morgan fingerprint density at radius 1 is 0.789 bits per heavy atom. The molecule has 19 heavy (non-hydrogen) atoms. The zero-order valence-corrected chi connectivity index (χ0v) is 12.2. The highest BCUT2D eigenvalue weighted by Gasteiger charge is 2.06. The van der Waals surface area contributed by atoms with Crippen molar-refractivity contribution in [3.8, 4) is 0 Å². The van der Waals surface area contributed by atoms with E-state index in [0.717, 1.165) is 24.7 Å². The van der Waals surface area contributed by atoms with Gasteiger partial charge in [0.2, 0.25) is 0 Å². The van der Waals surface area contributed by atoms with Crippen LogP contribution in [0.3, 0.4) is 0 Å². The van der Waals surface area contributed by atoms with Gasteiger partial charge in [0.25, 0.3) is 0 Å². The largest absolute Gasteiger partial charge is 0.294 e. The summed E-state index contributed by atoms with van der Waals surface area (Å²) in [5, 5.41) is 0.774. The summed E-state index contributed by atoms with van der Waals surface area (Å²) in [6.07, 6.45) is 0. The first-order valence-electron chi connectivity index (χ1n) is 6.34. The van der Waals surface area contributed by atoms with Gasteiger partial charge in [-0.25, -0.2) is 0 Å². The normalized spacial score (nSPS) is 10.9. The molecule has 0 aliphatic heterocycles. The molecule has 0 N–H and O–H groups in total. The van der Waals surface area contributed by atoms with Gasteiger partial charge in [-0.1, -0.05) is 54.1 Å². The molecule has 0 radical (unpaired) electrons. The Labute approximate surface area is 124 Å². The monoisotopic (exact) mass is 293 g/mol. The van der Waals surface area contributed by atoms with E-state index < -0.39 is 0 Å². The van der Waals surface area contributed by atoms with Crippen LogP contribution in [0.4, 0.5) is 0 Å². The molecule has 0 aliphatic carbocycles. The number of alkyl halides is 1. The Balaban J connectivity index is 2.01. The van der Waals surface area contributed by atoms with Crippen LogP contribution in [0.25, 0.3) is 0 Å². The molecule has 0 saturated carbocycles. The maximum atomic E-state index is 5.90. The Morgan fingerprint density at radius 3 is 1.95 bits per heavy atom. The highest BCUT2D eigenvalue weighted by Crippen LogP contribution is 2.13. The van der Waals surface area contributed by atoms with Crippen molar-refractivity contribution in [1.29, 1.82) is 0 Å². The van der Waals surface area contributed by atoms with Crippen LogP contribution < -0.4 is 0 Å². The molecular weight excluding hydrogens is 277 g/mol. The summed E-state index contributed by atoms with van der Waals surface area (Å²) in [4.78, 5) is 2.34. The fourth-order valence-corrected chi connectivity index (χ4v) is 2.39. The van der Waals surface area contributed by atoms with Crippen LogP contribution in [0.2, 0.25) is 5.02 Å². The molecule has 100 valence electrons. The summed E-state index contributed by atoms with van der Waals surface area (Å²) >= 11 is 11.8. The van der Waals surface area contributed by atoms with E-state index >= 15 is 0 Å². The van der Waals surface area contributed by atoms with E-state index in [1.807, 2.05) is 18.2 Å². The van der Waals surface area contributed by atoms with Crippen LogP contribution in [-0.2, 0) is 13.1 Å². The molecular formula is C16H17Cl2N. The number of benzene rings is 2. The average molecular weight is 294 g/mol. The molecule has 0 spiro atoms. The van der Waals surface area contributed by atoms with Gasteiger partial charge in [0, 0.05) is 30.5 Å². The Morgan fingerprint density at radius 2 is 1.37 bits per heavy atom. The zero-order chi connectivity index (χ0) is 13.5. The highest BCUT2D eigenvalue weighted by atomic mass is 35.5. The molecule has 3 heteroatoms. The van der Waals surface area contributed by atoms with Crippen molar-refractivity contribution < 1.29 is 0 Å². The number of halogens is 2. The van der Waals surface area contributed by atoms with Crippen LogP contribution in [-0.4, -0.2) is 17.3 Å². The Kier molecular flexibility index (Phi) is 5.71. The molecule has 1 nitrogen and oxygen atoms in total. The number of hydrogen-bond acceptors (Lipinski definition) is 1. The predicted octanol–water partition coefficient (Wildman–Crippen LogP) is 4.58. The summed E-state index contributed by atoms with van der Waals surface area (Å²) < 4.78 is 0. The molecule has 0 aliphatic rings. The quantitative estimate of drug-likeness (QED) is 0.705. The summed E-state index contributed by atoms with van der Waals surface area (Å²) in [5.41, 5.74) is 2.56. The van der Waals surface area contributed by atoms with E-state index in [-0.39, 0.29) is 0 Å². The number of rotatable bonds is 6. The van der Waals surface area contributed by atoms with Crippen molar-refractivity contribution >= 4 is 23.2 Å². The maximum Gasteiger partial charge on any atom is 0.0406 e. The van der Waals surface area contributed by atoms with Crippen molar-refractivity contribution in [2.45, 2.75) is 13.1 Å². The molecule has 2 rings (SSSR count). The average Bonchev–Trinajstić information content (AvgIpc) is 2.43. The first-order chi connectivity index (χ1) is 9.28. The van der Waals surface area contributed by atoms with Gasteiger partial charge in [-0.3, -0.25) is 4.90 Å². The first kappa shape index (κ1) is 14.4. The van der Waals surface area contributed by atoms with Crippen molar-refractivity contribution in [1.82, 2.24) is 4.90 Å². The smallest absolute Gasteiger partial charge is 0.0406 e. The molecule has 2 aromatic carbocycles. The molecule has 0 fully saturated rings. The molecule has 0 saturated heterocycles. The van der Waals surface area contributed by atoms with Crippen LogP contribution in [0, 0.1) is 0 Å². The van der Waals surface area contributed by atoms with E-state index in [0.29, 0.717) is 5.88 Å². The third-order valence-corrected chi connectivity index (χ3v) is 3.39. The van der Waals surface area contributed by atoms with E-state index in [4.69, 9.17) is 23.2 Å². The fraction of sp³-hybridized carbons (Fsp3) is 0.250. The van der Waals surface area contributed by atoms with Crippen LogP contribution in [0.1, 0.15) is 11.1 Å². The van der Waals surface area contributed by atoms with Gasteiger partial charge in [-0.2, -0.15) is 0 Å². The number of hydrogen-bond donors (Lipinski definition) is 0. The highest BCUT2D eigenvalue weighted by molar-refractivity contribution is 6.30. The fourth-order valence-electron chi connectivity index (χ4n) is 2.02. The van der Waals surface area contributed by atoms with Gasteiger partial charge in [0.05, 0.1) is 0 Å². The standard InChI is InChI=1S/C16H17Cl2N/c17-10-11-19(12-14-4-2-1-3-5-14)13-15-6-8-16(18)9-7-15/h1-9H,10-13H2. The second-order valence-electron chi connectivity index (χ2n) is 4.51. The third kappa shape index (κ3) is 4.87. The second kappa shape index (κ2) is 7.54. The molecule has 0 amide bonds. The Bertz CT molecular complexity index is 482. The van der Waals surface area contributed by atoms with E-state index in [1.165, 1.54) is 11.1 Å². The van der Waals surface area contributed by atoms with Crippen molar-refractivity contribution in [3.63, 3.8) is 0 Å². The minimum absolute atomic E-state index is 0.639. The van der Waals surface area contributed by atoms with Crippen LogP contribution in [0.5, 0.6) is 0 Å². The maximum absolute atomic E-state index is 5.90. The van der Waals surface area contributed by atoms with Gasteiger partial charge < -0.3 is 0 Å². The van der Waals surface area contributed by atoms with Crippen molar-refractivity contribution in [2.24, 2.45) is 0 Å². The van der Waals surface area contributed by atoms with Crippen molar-refractivity contribution in [2.75, 3.05) is 12.4 Å². The number of nitrogens with zero attached hydrogens (tertiary/aromatic N) is 1.